The van der Waals surface area contributed by atoms with Crippen LogP contribution >= 0.6 is 0 Å². The van der Waals surface area contributed by atoms with Crippen molar-refractivity contribution in [3.8, 4) is 0 Å². The highest BCUT2D eigenvalue weighted by molar-refractivity contribution is 8.04. The summed E-state index contributed by atoms with van der Waals surface area (Å²) in [5.41, 5.74) is 0. The molecule has 4 N–H and O–H groups in total. The Morgan fingerprint density at radius 3 is 1.83 bits per heavy atom. The monoisotopic (exact) mass is 305 g/mol. The fraction of sp³-hybridized carbons (Fsp3) is 1.00. The first-order valence-corrected chi connectivity index (χ1v) is 7.93. The van der Waals surface area contributed by atoms with E-state index in [4.69, 9.17) is 5.11 Å². The van der Waals surface area contributed by atoms with Crippen molar-refractivity contribution in [1.82, 2.24) is 0 Å². The fourth-order valence-electron chi connectivity index (χ4n) is 1.26. The van der Waals surface area contributed by atoms with Gasteiger partial charge in [-0.25, -0.2) is 8.42 Å². The van der Waals surface area contributed by atoms with Gasteiger partial charge in [0.05, 0.1) is 6.10 Å². The fourth-order valence-corrected chi connectivity index (χ4v) is 3.93. The Morgan fingerprint density at radius 2 is 1.56 bits per heavy atom. The van der Waals surface area contributed by atoms with E-state index < -0.39 is 55.7 Å². The number of aliphatic hydroxyl groups excluding tert-OH is 4. The van der Waals surface area contributed by atoms with Gasteiger partial charge in [0.15, 0.2) is 14.4 Å². The van der Waals surface area contributed by atoms with Crippen LogP contribution in [0.3, 0.4) is 0 Å². The van der Waals surface area contributed by atoms with Crippen molar-refractivity contribution in [2.24, 2.45) is 0 Å². The average molecular weight is 305 g/mol. The van der Waals surface area contributed by atoms with Gasteiger partial charge in [-0.15, -0.1) is 0 Å². The van der Waals surface area contributed by atoms with E-state index in [0.29, 0.717) is 0 Å². The van der Waals surface area contributed by atoms with Crippen LogP contribution in [0, 0.1) is 0 Å². The lowest BCUT2D eigenvalue weighted by Gasteiger charge is -2.31. The lowest BCUT2D eigenvalue weighted by atomic mass is 10.1. The molecule has 0 saturated heterocycles. The Morgan fingerprint density at radius 1 is 1.11 bits per heavy atom. The van der Waals surface area contributed by atoms with Gasteiger partial charge in [0.2, 0.25) is 0 Å². The maximum absolute atomic E-state index is 11.5. The summed E-state index contributed by atoms with van der Waals surface area (Å²) >= 11 is -3.19. The van der Waals surface area contributed by atoms with Crippen molar-refractivity contribution in [1.29, 1.82) is 0 Å². The first-order chi connectivity index (χ1) is 8.06. The molecule has 110 valence electrons. The van der Waals surface area contributed by atoms with E-state index in [1.807, 2.05) is 0 Å². The molecule has 0 aliphatic carbocycles. The molecule has 0 saturated carbocycles. The maximum atomic E-state index is 11.5. The number of hydrogen-bond acceptors (Lipinski definition) is 8. The minimum absolute atomic E-state index is 0.555. The molecule has 0 aromatic rings. The van der Waals surface area contributed by atoms with Crippen molar-refractivity contribution in [3.63, 3.8) is 0 Å². The van der Waals surface area contributed by atoms with Crippen molar-refractivity contribution in [2.45, 2.75) is 42.8 Å². The second-order valence-electron chi connectivity index (χ2n) is 3.79. The standard InChI is InChI=1S/C8H18O8S2/c1-3-18(15,16)8(17(13)14)7(12)6(11)5(10)4(2)9/h4-12H,3H2,1-2H3,(H,13,14)/p-1/t4-,5-,6+,7+,8?/m0/s1. The van der Waals surface area contributed by atoms with E-state index in [9.17, 15) is 32.5 Å². The zero-order chi connectivity index (χ0) is 14.7. The highest BCUT2D eigenvalue weighted by atomic mass is 32.3. The van der Waals surface area contributed by atoms with E-state index in [0.717, 1.165) is 6.92 Å². The molecule has 0 aliphatic rings. The van der Waals surface area contributed by atoms with Crippen molar-refractivity contribution in [2.75, 3.05) is 5.75 Å². The van der Waals surface area contributed by atoms with Gasteiger partial charge in [0.1, 0.15) is 18.3 Å². The molecule has 0 aromatic carbocycles. The summed E-state index contributed by atoms with van der Waals surface area (Å²) in [6.07, 6.45) is -7.68. The van der Waals surface area contributed by atoms with E-state index in [2.05, 4.69) is 0 Å². The smallest absolute Gasteiger partial charge is 0.166 e. The molecule has 0 spiro atoms. The van der Waals surface area contributed by atoms with E-state index in [1.165, 1.54) is 6.92 Å². The molecule has 0 aliphatic heterocycles. The van der Waals surface area contributed by atoms with Gasteiger partial charge in [0.25, 0.3) is 0 Å². The zero-order valence-corrected chi connectivity index (χ0v) is 11.5. The molecule has 18 heavy (non-hydrogen) atoms. The predicted octanol–water partition coefficient (Wildman–Crippen LogP) is -2.91. The molecule has 10 heteroatoms. The van der Waals surface area contributed by atoms with E-state index in [1.54, 1.807) is 0 Å². The van der Waals surface area contributed by atoms with Crippen LogP contribution in [0.25, 0.3) is 0 Å². The van der Waals surface area contributed by atoms with Crippen molar-refractivity contribution >= 4 is 20.9 Å². The third kappa shape index (κ3) is 4.23. The van der Waals surface area contributed by atoms with Gasteiger partial charge in [-0.1, -0.05) is 6.92 Å². The topological polar surface area (TPSA) is 155 Å². The highest BCUT2D eigenvalue weighted by Gasteiger charge is 2.40. The van der Waals surface area contributed by atoms with Gasteiger partial charge in [-0.05, 0) is 18.0 Å². The van der Waals surface area contributed by atoms with Gasteiger partial charge in [-0.2, -0.15) is 0 Å². The van der Waals surface area contributed by atoms with Crippen LogP contribution < -0.4 is 0 Å². The second kappa shape index (κ2) is 6.89. The first kappa shape index (κ1) is 17.9. The Labute approximate surface area is 107 Å². The number of rotatable bonds is 7. The van der Waals surface area contributed by atoms with Crippen molar-refractivity contribution < 1.29 is 37.6 Å². The number of hydrogen-bond donors (Lipinski definition) is 4. The third-order valence-corrected chi connectivity index (χ3v) is 6.22. The second-order valence-corrected chi connectivity index (χ2v) is 7.53. The van der Waals surface area contributed by atoms with Crippen LogP contribution in [0.2, 0.25) is 0 Å². The summed E-state index contributed by atoms with van der Waals surface area (Å²) in [5, 5.41) is 37.3. The van der Waals surface area contributed by atoms with Crippen LogP contribution in [0.1, 0.15) is 13.8 Å². The van der Waals surface area contributed by atoms with Gasteiger partial charge < -0.3 is 25.0 Å². The number of aliphatic hydroxyl groups is 4. The Balaban J connectivity index is 5.24. The summed E-state index contributed by atoms with van der Waals surface area (Å²) in [7, 11) is -4.18. The molecule has 0 radical (unpaired) electrons. The molecule has 0 bridgehead atoms. The van der Waals surface area contributed by atoms with Gasteiger partial charge in [0, 0.05) is 5.75 Å². The number of sulfone groups is 1. The summed E-state index contributed by atoms with van der Waals surface area (Å²) in [5.74, 6) is -0.555. The predicted molar refractivity (Wildman–Crippen MR) is 61.9 cm³/mol. The van der Waals surface area contributed by atoms with Crippen LogP contribution in [-0.4, -0.2) is 72.4 Å². The first-order valence-electron chi connectivity index (χ1n) is 5.08. The molecule has 0 fully saturated rings. The highest BCUT2D eigenvalue weighted by Crippen LogP contribution is 2.17. The molecule has 0 amide bonds. The van der Waals surface area contributed by atoms with Crippen LogP contribution in [0.5, 0.6) is 0 Å². The molecule has 0 aromatic heterocycles. The Kier molecular flexibility index (Phi) is 6.85. The molecule has 8 nitrogen and oxygen atoms in total. The minimum atomic E-state index is -4.18. The SMILES string of the molecule is CCS(=O)(=O)C([C@H](O)[C@H](O)[C@@H](O)[C@H](C)O)S(=O)[O-]. The lowest BCUT2D eigenvalue weighted by Crippen LogP contribution is -2.52. The van der Waals surface area contributed by atoms with Gasteiger partial charge >= 0.3 is 0 Å². The molecular weight excluding hydrogens is 288 g/mol. The molecule has 0 heterocycles. The quantitative estimate of drug-likeness (QED) is 0.365. The Bertz CT molecular complexity index is 379. The van der Waals surface area contributed by atoms with Crippen LogP contribution in [0.15, 0.2) is 0 Å². The molecule has 0 rings (SSSR count). The van der Waals surface area contributed by atoms with Gasteiger partial charge in [-0.3, -0.25) is 4.21 Å². The van der Waals surface area contributed by atoms with Crippen LogP contribution in [-0.2, 0) is 20.9 Å². The summed E-state index contributed by atoms with van der Waals surface area (Å²) in [4.78, 5) is 0. The normalized spacial score (nSPS) is 22.8. The molecule has 6 atom stereocenters. The molecule has 2 unspecified atom stereocenters. The van der Waals surface area contributed by atoms with E-state index >= 15 is 0 Å². The summed E-state index contributed by atoms with van der Waals surface area (Å²) in [6, 6.07) is 0. The zero-order valence-electron chi connectivity index (χ0n) is 9.83. The molecular formula is C8H17O8S2-. The van der Waals surface area contributed by atoms with Crippen LogP contribution in [0.4, 0.5) is 0 Å². The van der Waals surface area contributed by atoms with Crippen molar-refractivity contribution in [3.05, 3.63) is 0 Å². The maximum Gasteiger partial charge on any atom is 0.166 e. The van der Waals surface area contributed by atoms with E-state index in [-0.39, 0.29) is 0 Å². The summed E-state index contributed by atoms with van der Waals surface area (Å²) in [6.45, 7) is 2.28. The largest absolute Gasteiger partial charge is 0.771 e. The average Bonchev–Trinajstić information content (AvgIpc) is 2.25. The Hall–Kier alpha value is -0.100. The minimum Gasteiger partial charge on any atom is -0.771 e. The third-order valence-electron chi connectivity index (χ3n) is 2.42. The summed E-state index contributed by atoms with van der Waals surface area (Å²) < 4.78 is 42.4. The lowest BCUT2D eigenvalue weighted by molar-refractivity contribution is -0.0961.